The molecular formula is C20H27N3O3. The first-order chi connectivity index (χ1) is 12.5. The van der Waals surface area contributed by atoms with Crippen LogP contribution in [0.1, 0.15) is 35.1 Å². The SMILES string of the molecule is CCc1nn(C)c(C(=O)N2CC[C@@](COc3ccccc3)(OC)C2)c1C. The third-order valence-electron chi connectivity index (χ3n) is 5.20. The van der Waals surface area contributed by atoms with Gasteiger partial charge in [-0.2, -0.15) is 5.10 Å². The lowest BCUT2D eigenvalue weighted by atomic mass is 10.0. The molecular weight excluding hydrogens is 330 g/mol. The lowest BCUT2D eigenvalue weighted by molar-refractivity contribution is -0.0343. The maximum atomic E-state index is 13.1. The Hall–Kier alpha value is -2.34. The number of likely N-dealkylation sites (tertiary alicyclic amines) is 1. The Kier molecular flexibility index (Phi) is 5.32. The van der Waals surface area contributed by atoms with Crippen LogP contribution in [-0.4, -0.2) is 53.0 Å². The molecule has 1 saturated heterocycles. The van der Waals surface area contributed by atoms with Crippen molar-refractivity contribution in [2.24, 2.45) is 7.05 Å². The summed E-state index contributed by atoms with van der Waals surface area (Å²) in [6, 6.07) is 9.68. The van der Waals surface area contributed by atoms with Gasteiger partial charge in [-0.25, -0.2) is 0 Å². The van der Waals surface area contributed by atoms with E-state index in [9.17, 15) is 4.79 Å². The maximum Gasteiger partial charge on any atom is 0.272 e. The fourth-order valence-corrected chi connectivity index (χ4v) is 3.56. The van der Waals surface area contributed by atoms with Crippen LogP contribution in [0.25, 0.3) is 0 Å². The Labute approximate surface area is 154 Å². The molecule has 1 atom stereocenters. The largest absolute Gasteiger partial charge is 0.491 e. The number of hydrogen-bond acceptors (Lipinski definition) is 4. The molecule has 0 radical (unpaired) electrons. The summed E-state index contributed by atoms with van der Waals surface area (Å²) >= 11 is 0. The summed E-state index contributed by atoms with van der Waals surface area (Å²) in [5.74, 6) is 0.819. The Morgan fingerprint density at radius 1 is 1.31 bits per heavy atom. The van der Waals surface area contributed by atoms with Crippen LogP contribution < -0.4 is 4.74 Å². The molecule has 1 amide bonds. The van der Waals surface area contributed by atoms with Gasteiger partial charge in [-0.05, 0) is 31.9 Å². The predicted octanol–water partition coefficient (Wildman–Crippen LogP) is 2.60. The highest BCUT2D eigenvalue weighted by atomic mass is 16.5. The van der Waals surface area contributed by atoms with Crippen LogP contribution in [0.15, 0.2) is 30.3 Å². The molecule has 0 unspecified atom stereocenters. The zero-order valence-corrected chi connectivity index (χ0v) is 16.0. The zero-order chi connectivity index (χ0) is 18.7. The van der Waals surface area contributed by atoms with Crippen molar-refractivity contribution in [3.05, 3.63) is 47.3 Å². The highest BCUT2D eigenvalue weighted by Gasteiger charge is 2.42. The molecule has 1 fully saturated rings. The van der Waals surface area contributed by atoms with E-state index >= 15 is 0 Å². The van der Waals surface area contributed by atoms with Crippen LogP contribution in [0.5, 0.6) is 5.75 Å². The van der Waals surface area contributed by atoms with Gasteiger partial charge in [-0.15, -0.1) is 0 Å². The molecule has 2 heterocycles. The van der Waals surface area contributed by atoms with Crippen molar-refractivity contribution in [2.75, 3.05) is 26.8 Å². The number of hydrogen-bond donors (Lipinski definition) is 0. The maximum absolute atomic E-state index is 13.1. The fraction of sp³-hybridized carbons (Fsp3) is 0.500. The Morgan fingerprint density at radius 2 is 2.04 bits per heavy atom. The summed E-state index contributed by atoms with van der Waals surface area (Å²) in [4.78, 5) is 14.9. The van der Waals surface area contributed by atoms with Crippen LogP contribution >= 0.6 is 0 Å². The van der Waals surface area contributed by atoms with E-state index in [4.69, 9.17) is 9.47 Å². The monoisotopic (exact) mass is 357 g/mol. The number of aromatic nitrogens is 2. The van der Waals surface area contributed by atoms with E-state index in [0.29, 0.717) is 25.4 Å². The molecule has 0 aliphatic carbocycles. The van der Waals surface area contributed by atoms with Crippen LogP contribution in [0.3, 0.4) is 0 Å². The summed E-state index contributed by atoms with van der Waals surface area (Å²) in [7, 11) is 3.52. The number of carbonyl (C=O) groups excluding carboxylic acids is 1. The van der Waals surface area contributed by atoms with Gasteiger partial charge in [0.25, 0.3) is 5.91 Å². The third-order valence-corrected chi connectivity index (χ3v) is 5.20. The Morgan fingerprint density at radius 3 is 2.65 bits per heavy atom. The van der Waals surface area contributed by atoms with Gasteiger partial charge >= 0.3 is 0 Å². The minimum atomic E-state index is -0.481. The topological polar surface area (TPSA) is 56.6 Å². The van der Waals surface area contributed by atoms with Crippen LogP contribution in [0.4, 0.5) is 0 Å². The number of para-hydroxylation sites is 1. The first kappa shape index (κ1) is 18.5. The molecule has 0 spiro atoms. The third kappa shape index (κ3) is 3.46. The highest BCUT2D eigenvalue weighted by molar-refractivity contribution is 5.94. The quantitative estimate of drug-likeness (QED) is 0.797. The van der Waals surface area contributed by atoms with Crippen LogP contribution in [-0.2, 0) is 18.2 Å². The average molecular weight is 357 g/mol. The van der Waals surface area contributed by atoms with Crippen molar-refractivity contribution in [3.63, 3.8) is 0 Å². The lowest BCUT2D eigenvalue weighted by Gasteiger charge is -2.28. The first-order valence-corrected chi connectivity index (χ1v) is 9.04. The molecule has 26 heavy (non-hydrogen) atoms. The van der Waals surface area contributed by atoms with Crippen molar-refractivity contribution < 1.29 is 14.3 Å². The molecule has 0 N–H and O–H groups in total. The van der Waals surface area contributed by atoms with E-state index in [1.165, 1.54) is 0 Å². The summed E-state index contributed by atoms with van der Waals surface area (Å²) < 4.78 is 13.4. The molecule has 6 nitrogen and oxygen atoms in total. The zero-order valence-electron chi connectivity index (χ0n) is 16.0. The second kappa shape index (κ2) is 7.50. The Balaban J connectivity index is 1.72. The van der Waals surface area contributed by atoms with Crippen molar-refractivity contribution in [1.29, 1.82) is 0 Å². The molecule has 1 aliphatic heterocycles. The van der Waals surface area contributed by atoms with Gasteiger partial charge in [0.05, 0.1) is 12.2 Å². The van der Waals surface area contributed by atoms with Crippen molar-refractivity contribution in [1.82, 2.24) is 14.7 Å². The smallest absolute Gasteiger partial charge is 0.272 e. The predicted molar refractivity (Wildman–Crippen MR) is 99.5 cm³/mol. The number of aryl methyl sites for hydroxylation is 2. The fourth-order valence-electron chi connectivity index (χ4n) is 3.56. The van der Waals surface area contributed by atoms with Crippen molar-refractivity contribution in [2.45, 2.75) is 32.3 Å². The minimum absolute atomic E-state index is 0.0100. The minimum Gasteiger partial charge on any atom is -0.491 e. The van der Waals surface area contributed by atoms with Gasteiger partial charge < -0.3 is 14.4 Å². The summed E-state index contributed by atoms with van der Waals surface area (Å²) in [5.41, 5.74) is 2.12. The number of benzene rings is 1. The van der Waals surface area contributed by atoms with Gasteiger partial charge in [0.15, 0.2) is 0 Å². The molecule has 2 aromatic rings. The highest BCUT2D eigenvalue weighted by Crippen LogP contribution is 2.28. The van der Waals surface area contributed by atoms with Crippen molar-refractivity contribution in [3.8, 4) is 5.75 Å². The molecule has 3 rings (SSSR count). The molecule has 1 aliphatic rings. The number of methoxy groups -OCH3 is 1. The van der Waals surface area contributed by atoms with Gasteiger partial charge in [-0.3, -0.25) is 9.48 Å². The van der Waals surface area contributed by atoms with Gasteiger partial charge in [0.1, 0.15) is 23.7 Å². The number of nitrogens with zero attached hydrogens (tertiary/aromatic N) is 3. The summed E-state index contributed by atoms with van der Waals surface area (Å²) in [6.07, 6.45) is 1.57. The molecule has 6 heteroatoms. The molecule has 1 aromatic heterocycles. The summed E-state index contributed by atoms with van der Waals surface area (Å²) in [6.45, 7) is 5.60. The number of ether oxygens (including phenoxy) is 2. The molecule has 140 valence electrons. The number of amides is 1. The molecule has 1 aromatic carbocycles. The summed E-state index contributed by atoms with van der Waals surface area (Å²) in [5, 5.41) is 4.47. The van der Waals surface area contributed by atoms with Gasteiger partial charge in [0, 0.05) is 26.3 Å². The standard InChI is InChI=1S/C20H27N3O3/c1-5-17-15(2)18(22(3)21-17)19(24)23-12-11-20(13-23,25-4)14-26-16-9-7-6-8-10-16/h6-10H,5,11-14H2,1-4H3/t20-/m1/s1. The molecule has 0 saturated carbocycles. The second-order valence-corrected chi connectivity index (χ2v) is 6.86. The van der Waals surface area contributed by atoms with E-state index in [-0.39, 0.29) is 5.91 Å². The van der Waals surface area contributed by atoms with Crippen LogP contribution in [0.2, 0.25) is 0 Å². The first-order valence-electron chi connectivity index (χ1n) is 9.04. The number of rotatable bonds is 6. The van der Waals surface area contributed by atoms with Crippen LogP contribution in [0, 0.1) is 6.92 Å². The lowest BCUT2D eigenvalue weighted by Crippen LogP contribution is -2.42. The van der Waals surface area contributed by atoms with E-state index in [1.54, 1.807) is 11.8 Å². The van der Waals surface area contributed by atoms with Gasteiger partial charge in [-0.1, -0.05) is 25.1 Å². The Bertz CT molecular complexity index is 772. The van der Waals surface area contributed by atoms with E-state index in [0.717, 1.165) is 29.8 Å². The number of carbonyl (C=O) groups is 1. The van der Waals surface area contributed by atoms with E-state index in [2.05, 4.69) is 12.0 Å². The average Bonchev–Trinajstić information content (AvgIpc) is 3.22. The van der Waals surface area contributed by atoms with E-state index in [1.807, 2.05) is 49.2 Å². The van der Waals surface area contributed by atoms with Gasteiger partial charge in [0.2, 0.25) is 0 Å². The molecule has 0 bridgehead atoms. The normalized spacial score (nSPS) is 19.8. The second-order valence-electron chi connectivity index (χ2n) is 6.86. The van der Waals surface area contributed by atoms with E-state index < -0.39 is 5.60 Å². The van der Waals surface area contributed by atoms with Crippen molar-refractivity contribution >= 4 is 5.91 Å².